The number of hydrogen-bond donors (Lipinski definition) is 1. The van der Waals surface area contributed by atoms with Crippen LogP contribution < -0.4 is 5.32 Å². The molecule has 4 rings (SSSR count). The first-order valence-electron chi connectivity index (χ1n) is 8.40. The molecule has 10 heteroatoms. The Hall–Kier alpha value is -2.07. The maximum Gasteiger partial charge on any atom is 0.245 e. The van der Waals surface area contributed by atoms with Gasteiger partial charge in [-0.1, -0.05) is 6.07 Å². The number of aromatic nitrogens is 4. The summed E-state index contributed by atoms with van der Waals surface area (Å²) in [5, 5.41) is 8.33. The van der Waals surface area contributed by atoms with Gasteiger partial charge in [-0.05, 0) is 24.6 Å². The van der Waals surface area contributed by atoms with Crippen LogP contribution in [0.1, 0.15) is 17.3 Å². The molecule has 1 saturated heterocycles. The number of sulfonamides is 1. The van der Waals surface area contributed by atoms with Gasteiger partial charge >= 0.3 is 0 Å². The first-order valence-corrected chi connectivity index (χ1v) is 9.84. The Bertz CT molecular complexity index is 1050. The van der Waals surface area contributed by atoms with Gasteiger partial charge in [0.25, 0.3) is 0 Å². The lowest BCUT2D eigenvalue weighted by Crippen LogP contribution is -2.48. The molecular formula is C17H21ClN6O2S. The predicted octanol–water partition coefficient (Wildman–Crippen LogP) is 1.43. The number of hydrogen-bond acceptors (Lipinski definition) is 6. The van der Waals surface area contributed by atoms with Crippen molar-refractivity contribution < 1.29 is 8.42 Å². The van der Waals surface area contributed by atoms with E-state index < -0.39 is 10.0 Å². The lowest BCUT2D eigenvalue weighted by molar-refractivity contribution is 0.271. The van der Waals surface area contributed by atoms with E-state index in [1.807, 2.05) is 19.1 Å². The summed E-state index contributed by atoms with van der Waals surface area (Å²) in [6.45, 7) is 3.40. The minimum atomic E-state index is -3.69. The molecule has 8 nitrogen and oxygen atoms in total. The molecule has 1 N–H and O–H groups in total. The summed E-state index contributed by atoms with van der Waals surface area (Å²) in [6.07, 6.45) is 4.82. The van der Waals surface area contributed by atoms with Crippen LogP contribution in [0.4, 0.5) is 0 Å². The zero-order valence-corrected chi connectivity index (χ0v) is 16.7. The fourth-order valence-corrected chi connectivity index (χ4v) is 4.98. The van der Waals surface area contributed by atoms with Gasteiger partial charge in [-0.3, -0.25) is 9.67 Å². The van der Waals surface area contributed by atoms with Crippen molar-refractivity contribution in [1.82, 2.24) is 29.4 Å². The highest BCUT2D eigenvalue weighted by molar-refractivity contribution is 7.89. The molecule has 4 heterocycles. The Morgan fingerprint density at radius 1 is 1.30 bits per heavy atom. The fraction of sp³-hybridized carbons (Fsp3) is 0.353. The van der Waals surface area contributed by atoms with Crippen LogP contribution in [0.15, 0.2) is 41.7 Å². The molecule has 0 saturated carbocycles. The van der Waals surface area contributed by atoms with Crippen molar-refractivity contribution in [2.75, 3.05) is 19.6 Å². The highest BCUT2D eigenvalue weighted by Gasteiger charge is 2.35. The van der Waals surface area contributed by atoms with Crippen LogP contribution in [0.5, 0.6) is 0 Å². The molecule has 0 bridgehead atoms. The van der Waals surface area contributed by atoms with Crippen LogP contribution in [0, 0.1) is 6.92 Å². The Morgan fingerprint density at radius 3 is 2.85 bits per heavy atom. The number of nitrogens with one attached hydrogen (secondary N) is 1. The molecule has 144 valence electrons. The van der Waals surface area contributed by atoms with E-state index in [2.05, 4.69) is 20.4 Å². The first-order chi connectivity index (χ1) is 12.5. The largest absolute Gasteiger partial charge is 0.313 e. The van der Waals surface area contributed by atoms with E-state index in [1.165, 1.54) is 10.5 Å². The third-order valence-corrected chi connectivity index (χ3v) is 6.58. The van der Waals surface area contributed by atoms with Crippen LogP contribution in [-0.4, -0.2) is 52.1 Å². The summed E-state index contributed by atoms with van der Waals surface area (Å²) in [7, 11) is -1.90. The van der Waals surface area contributed by atoms with E-state index in [-0.39, 0.29) is 23.3 Å². The normalized spacial score (nSPS) is 18.4. The first kappa shape index (κ1) is 19.7. The van der Waals surface area contributed by atoms with Crippen LogP contribution in [0.25, 0.3) is 11.0 Å². The van der Waals surface area contributed by atoms with E-state index in [4.69, 9.17) is 0 Å². The lowest BCUT2D eigenvalue weighted by atomic mass is 10.1. The Morgan fingerprint density at radius 2 is 2.11 bits per heavy atom. The molecular weight excluding hydrogens is 388 g/mol. The molecule has 3 aromatic rings. The smallest absolute Gasteiger partial charge is 0.245 e. The van der Waals surface area contributed by atoms with Crippen LogP contribution in [0.2, 0.25) is 0 Å². The van der Waals surface area contributed by atoms with Crippen molar-refractivity contribution in [1.29, 1.82) is 0 Å². The standard InChI is InChI=1S/C17H20N6O2S.ClH/c1-12-15-8-14(10-20-17(15)22(2)21-12)26(24,25)23-7-6-19-11-16(23)13-4-3-5-18-9-13;/h3-5,8-10,16,19H,6-7,11H2,1-2H3;1H. The Balaban J connectivity index is 0.00000210. The highest BCUT2D eigenvalue weighted by atomic mass is 35.5. The van der Waals surface area contributed by atoms with E-state index >= 15 is 0 Å². The predicted molar refractivity (Wildman–Crippen MR) is 104 cm³/mol. The summed E-state index contributed by atoms with van der Waals surface area (Å²) < 4.78 is 29.9. The van der Waals surface area contributed by atoms with Crippen molar-refractivity contribution in [2.45, 2.75) is 17.9 Å². The SMILES string of the molecule is Cc1nn(C)c2ncc(S(=O)(=O)N3CCNCC3c3cccnc3)cc12.Cl. The Labute approximate surface area is 164 Å². The van der Waals surface area contributed by atoms with E-state index in [0.29, 0.717) is 25.3 Å². The third-order valence-electron chi connectivity index (χ3n) is 4.71. The summed E-state index contributed by atoms with van der Waals surface area (Å²) in [5.74, 6) is 0. The molecule has 1 aliphatic rings. The van der Waals surface area contributed by atoms with Crippen molar-refractivity contribution in [3.63, 3.8) is 0 Å². The summed E-state index contributed by atoms with van der Waals surface area (Å²) >= 11 is 0. The van der Waals surface area contributed by atoms with Gasteiger partial charge in [-0.15, -0.1) is 12.4 Å². The fourth-order valence-electron chi connectivity index (χ4n) is 3.40. The zero-order chi connectivity index (χ0) is 18.3. The minimum absolute atomic E-state index is 0. The summed E-state index contributed by atoms with van der Waals surface area (Å²) in [6, 6.07) is 5.09. The molecule has 0 amide bonds. The molecule has 0 radical (unpaired) electrons. The van der Waals surface area contributed by atoms with E-state index in [0.717, 1.165) is 16.6 Å². The lowest BCUT2D eigenvalue weighted by Gasteiger charge is -2.35. The molecule has 3 aromatic heterocycles. The molecule has 1 atom stereocenters. The van der Waals surface area contributed by atoms with Gasteiger partial charge in [0.2, 0.25) is 10.0 Å². The van der Waals surface area contributed by atoms with Crippen molar-refractivity contribution in [3.05, 3.63) is 48.0 Å². The molecule has 1 unspecified atom stereocenters. The number of fused-ring (bicyclic) bond motifs is 1. The Kier molecular flexibility index (Phi) is 5.48. The summed E-state index contributed by atoms with van der Waals surface area (Å²) in [5.41, 5.74) is 2.30. The molecule has 0 aliphatic carbocycles. The maximum absolute atomic E-state index is 13.3. The summed E-state index contributed by atoms with van der Waals surface area (Å²) in [4.78, 5) is 8.65. The van der Waals surface area contributed by atoms with Crippen LogP contribution in [0.3, 0.4) is 0 Å². The number of aryl methyl sites for hydroxylation is 2. The van der Waals surface area contributed by atoms with Gasteiger partial charge in [-0.25, -0.2) is 13.4 Å². The average molecular weight is 409 g/mol. The van der Waals surface area contributed by atoms with Crippen molar-refractivity contribution in [3.8, 4) is 0 Å². The third kappa shape index (κ3) is 3.43. The molecule has 27 heavy (non-hydrogen) atoms. The van der Waals surface area contributed by atoms with Crippen LogP contribution >= 0.6 is 12.4 Å². The minimum Gasteiger partial charge on any atom is -0.313 e. The second-order valence-electron chi connectivity index (χ2n) is 6.37. The van der Waals surface area contributed by atoms with E-state index in [9.17, 15) is 8.42 Å². The van der Waals surface area contributed by atoms with Crippen molar-refractivity contribution >= 4 is 33.5 Å². The molecule has 0 aromatic carbocycles. The van der Waals surface area contributed by atoms with Gasteiger partial charge in [0, 0.05) is 50.7 Å². The monoisotopic (exact) mass is 408 g/mol. The van der Waals surface area contributed by atoms with E-state index in [1.54, 1.807) is 30.2 Å². The topological polar surface area (TPSA) is 93.0 Å². The second kappa shape index (κ2) is 7.51. The number of piperazine rings is 1. The van der Waals surface area contributed by atoms with Crippen LogP contribution in [-0.2, 0) is 17.1 Å². The quantitative estimate of drug-likeness (QED) is 0.704. The average Bonchev–Trinajstić information content (AvgIpc) is 2.96. The van der Waals surface area contributed by atoms with Gasteiger partial charge in [0.1, 0.15) is 4.90 Å². The van der Waals surface area contributed by atoms with Gasteiger partial charge in [-0.2, -0.15) is 9.40 Å². The second-order valence-corrected chi connectivity index (χ2v) is 8.26. The van der Waals surface area contributed by atoms with Gasteiger partial charge in [0.15, 0.2) is 5.65 Å². The van der Waals surface area contributed by atoms with Gasteiger partial charge in [0.05, 0.1) is 11.7 Å². The van der Waals surface area contributed by atoms with Gasteiger partial charge < -0.3 is 5.32 Å². The number of rotatable bonds is 3. The molecule has 1 fully saturated rings. The molecule has 1 aliphatic heterocycles. The number of halogens is 1. The van der Waals surface area contributed by atoms with Crippen molar-refractivity contribution in [2.24, 2.45) is 7.05 Å². The highest BCUT2D eigenvalue weighted by Crippen LogP contribution is 2.29. The number of nitrogens with zero attached hydrogens (tertiary/aromatic N) is 5. The zero-order valence-electron chi connectivity index (χ0n) is 15.0. The molecule has 0 spiro atoms. The number of pyridine rings is 2. The maximum atomic E-state index is 13.3.